The second-order valence-corrected chi connectivity index (χ2v) is 7.32. The second kappa shape index (κ2) is 6.54. The Morgan fingerprint density at radius 2 is 2.11 bits per heavy atom. The third kappa shape index (κ3) is 3.49. The van der Waals surface area contributed by atoms with Crippen molar-refractivity contribution in [3.05, 3.63) is 28.2 Å². The fraction of sp³-hybridized carbons (Fsp3) is 0.500. The molecule has 0 spiro atoms. The first kappa shape index (κ1) is 16.9. The summed E-state index contributed by atoms with van der Waals surface area (Å²) < 4.78 is 27.5. The van der Waals surface area contributed by atoms with Crippen LogP contribution in [-0.4, -0.2) is 38.4 Å². The Kier molecular flexibility index (Phi) is 5.82. The number of benzene rings is 1. The first-order valence-electron chi connectivity index (χ1n) is 5.91. The minimum atomic E-state index is -3.42. The molecule has 7 heteroatoms. The highest BCUT2D eigenvalue weighted by molar-refractivity contribution is 9.10. The van der Waals surface area contributed by atoms with Gasteiger partial charge in [-0.25, -0.2) is 8.42 Å². The topological polar surface area (TPSA) is 49.4 Å². The smallest absolute Gasteiger partial charge is 0.244 e. The Morgan fingerprint density at radius 1 is 1.42 bits per heavy atom. The van der Waals surface area contributed by atoms with Crippen LogP contribution in [0, 0.1) is 6.92 Å². The molecule has 1 atom stereocenters. The minimum Gasteiger partial charge on any atom is -0.314 e. The summed E-state index contributed by atoms with van der Waals surface area (Å²) in [7, 11) is -3.42. The maximum Gasteiger partial charge on any atom is 0.244 e. The Bertz CT molecular complexity index is 551. The van der Waals surface area contributed by atoms with Crippen molar-refractivity contribution in [1.29, 1.82) is 0 Å². The lowest BCUT2D eigenvalue weighted by molar-refractivity contribution is 0.283. The molecule has 0 amide bonds. The van der Waals surface area contributed by atoms with Gasteiger partial charge in [-0.05, 0) is 47.5 Å². The van der Waals surface area contributed by atoms with E-state index in [4.69, 9.17) is 0 Å². The molecule has 1 saturated heterocycles. The lowest BCUT2D eigenvalue weighted by atomic mass is 10.2. The lowest BCUT2D eigenvalue weighted by Gasteiger charge is -2.33. The standard InChI is InChI=1S/C12H17BrN2O2S.ClH/c1-9-3-4-11(13)12(7-9)18(16,17)15-6-5-14-8-10(15)2;/h3-4,7,10,14H,5-6,8H2,1-2H3;1H. The molecule has 1 heterocycles. The van der Waals surface area contributed by atoms with Gasteiger partial charge in [-0.1, -0.05) is 6.07 Å². The normalized spacial score (nSPS) is 20.9. The zero-order valence-corrected chi connectivity index (χ0v) is 14.1. The molecule has 1 aromatic carbocycles. The van der Waals surface area contributed by atoms with Crippen LogP contribution in [0.15, 0.2) is 27.6 Å². The van der Waals surface area contributed by atoms with E-state index >= 15 is 0 Å². The Labute approximate surface area is 129 Å². The molecule has 19 heavy (non-hydrogen) atoms. The highest BCUT2D eigenvalue weighted by Gasteiger charge is 2.32. The fourth-order valence-electron chi connectivity index (χ4n) is 2.11. The maximum absolute atomic E-state index is 12.6. The predicted octanol–water partition coefficient (Wildman–Crippen LogP) is 2.16. The molecule has 1 N–H and O–H groups in total. The summed E-state index contributed by atoms with van der Waals surface area (Å²) in [6.07, 6.45) is 0. The molecule has 0 aliphatic carbocycles. The van der Waals surface area contributed by atoms with Crippen molar-refractivity contribution >= 4 is 38.4 Å². The van der Waals surface area contributed by atoms with Gasteiger partial charge in [0.05, 0.1) is 4.90 Å². The molecular formula is C12H18BrClN2O2S. The van der Waals surface area contributed by atoms with E-state index in [1.54, 1.807) is 16.4 Å². The van der Waals surface area contributed by atoms with E-state index in [1.165, 1.54) is 0 Å². The molecule has 1 aliphatic rings. The minimum absolute atomic E-state index is 0. The molecule has 4 nitrogen and oxygen atoms in total. The first-order chi connectivity index (χ1) is 8.43. The van der Waals surface area contributed by atoms with Crippen molar-refractivity contribution in [2.75, 3.05) is 19.6 Å². The van der Waals surface area contributed by atoms with Gasteiger partial charge in [-0.2, -0.15) is 4.31 Å². The maximum atomic E-state index is 12.6. The number of hydrogen-bond donors (Lipinski definition) is 1. The molecule has 0 radical (unpaired) electrons. The van der Waals surface area contributed by atoms with E-state index < -0.39 is 10.0 Å². The van der Waals surface area contributed by atoms with Gasteiger partial charge in [0.25, 0.3) is 0 Å². The zero-order valence-electron chi connectivity index (χ0n) is 10.9. The van der Waals surface area contributed by atoms with Crippen LogP contribution in [0.5, 0.6) is 0 Å². The predicted molar refractivity (Wildman–Crippen MR) is 82.4 cm³/mol. The molecular weight excluding hydrogens is 352 g/mol. The van der Waals surface area contributed by atoms with Crippen molar-refractivity contribution in [1.82, 2.24) is 9.62 Å². The quantitative estimate of drug-likeness (QED) is 0.869. The summed E-state index contributed by atoms with van der Waals surface area (Å²) in [5.41, 5.74) is 0.944. The van der Waals surface area contributed by atoms with Crippen LogP contribution in [0.1, 0.15) is 12.5 Å². The van der Waals surface area contributed by atoms with Gasteiger partial charge < -0.3 is 5.32 Å². The average Bonchev–Trinajstić information content (AvgIpc) is 2.32. The van der Waals surface area contributed by atoms with Gasteiger partial charge in [0.15, 0.2) is 0 Å². The van der Waals surface area contributed by atoms with Crippen LogP contribution in [0.4, 0.5) is 0 Å². The molecule has 2 rings (SSSR count). The van der Waals surface area contributed by atoms with Crippen molar-refractivity contribution in [2.24, 2.45) is 0 Å². The summed E-state index contributed by atoms with van der Waals surface area (Å²) in [5, 5.41) is 3.20. The number of aryl methyl sites for hydroxylation is 1. The van der Waals surface area contributed by atoms with E-state index in [0.29, 0.717) is 29.0 Å². The molecule has 0 saturated carbocycles. The largest absolute Gasteiger partial charge is 0.314 e. The van der Waals surface area contributed by atoms with Crippen LogP contribution in [0.3, 0.4) is 0 Å². The lowest BCUT2D eigenvalue weighted by Crippen LogP contribution is -2.52. The molecule has 0 bridgehead atoms. The van der Waals surface area contributed by atoms with Gasteiger partial charge in [0.2, 0.25) is 10.0 Å². The Hall–Kier alpha value is -0.140. The summed E-state index contributed by atoms with van der Waals surface area (Å²) in [6.45, 7) is 5.74. The van der Waals surface area contributed by atoms with E-state index in [2.05, 4.69) is 21.2 Å². The molecule has 0 aromatic heterocycles. The Morgan fingerprint density at radius 3 is 2.74 bits per heavy atom. The number of halogens is 2. The molecule has 1 unspecified atom stereocenters. The summed E-state index contributed by atoms with van der Waals surface area (Å²) >= 11 is 3.33. The SMILES string of the molecule is Cc1ccc(Br)c(S(=O)(=O)N2CCNCC2C)c1.Cl. The van der Waals surface area contributed by atoms with Crippen LogP contribution >= 0.6 is 28.3 Å². The third-order valence-corrected chi connectivity index (χ3v) is 6.12. The van der Waals surface area contributed by atoms with Crippen LogP contribution in [-0.2, 0) is 10.0 Å². The molecule has 1 fully saturated rings. The van der Waals surface area contributed by atoms with E-state index in [1.807, 2.05) is 19.9 Å². The number of nitrogens with one attached hydrogen (secondary N) is 1. The van der Waals surface area contributed by atoms with E-state index in [0.717, 1.165) is 5.56 Å². The molecule has 1 aliphatic heterocycles. The number of piperazine rings is 1. The highest BCUT2D eigenvalue weighted by atomic mass is 79.9. The molecule has 108 valence electrons. The van der Waals surface area contributed by atoms with Crippen molar-refractivity contribution in [3.63, 3.8) is 0 Å². The van der Waals surface area contributed by atoms with Gasteiger partial charge >= 0.3 is 0 Å². The van der Waals surface area contributed by atoms with E-state index in [-0.39, 0.29) is 18.4 Å². The highest BCUT2D eigenvalue weighted by Crippen LogP contribution is 2.27. The van der Waals surface area contributed by atoms with Crippen molar-refractivity contribution < 1.29 is 8.42 Å². The van der Waals surface area contributed by atoms with Crippen LogP contribution < -0.4 is 5.32 Å². The third-order valence-electron chi connectivity index (χ3n) is 3.11. The number of hydrogen-bond acceptors (Lipinski definition) is 3. The van der Waals surface area contributed by atoms with Crippen LogP contribution in [0.25, 0.3) is 0 Å². The summed E-state index contributed by atoms with van der Waals surface area (Å²) in [4.78, 5) is 0.358. The summed E-state index contributed by atoms with van der Waals surface area (Å²) in [5.74, 6) is 0. The van der Waals surface area contributed by atoms with E-state index in [9.17, 15) is 8.42 Å². The molecule has 1 aromatic rings. The summed E-state index contributed by atoms with van der Waals surface area (Å²) in [6, 6.07) is 5.38. The zero-order chi connectivity index (χ0) is 13.3. The second-order valence-electron chi connectivity index (χ2n) is 4.60. The van der Waals surface area contributed by atoms with Crippen LogP contribution in [0.2, 0.25) is 0 Å². The van der Waals surface area contributed by atoms with Crippen molar-refractivity contribution in [2.45, 2.75) is 24.8 Å². The fourth-order valence-corrected chi connectivity index (χ4v) is 4.76. The van der Waals surface area contributed by atoms with Gasteiger partial charge in [0.1, 0.15) is 0 Å². The van der Waals surface area contributed by atoms with Crippen molar-refractivity contribution in [3.8, 4) is 0 Å². The monoisotopic (exact) mass is 368 g/mol. The number of nitrogens with zero attached hydrogens (tertiary/aromatic N) is 1. The number of rotatable bonds is 2. The average molecular weight is 370 g/mol. The first-order valence-corrected chi connectivity index (χ1v) is 8.15. The Balaban J connectivity index is 0.00000180. The van der Waals surface area contributed by atoms with Gasteiger partial charge in [0, 0.05) is 30.1 Å². The van der Waals surface area contributed by atoms with Gasteiger partial charge in [-0.15, -0.1) is 12.4 Å². The number of sulfonamides is 1. The van der Waals surface area contributed by atoms with Gasteiger partial charge in [-0.3, -0.25) is 0 Å².